The highest BCUT2D eigenvalue weighted by molar-refractivity contribution is 7.09. The van der Waals surface area contributed by atoms with E-state index in [0.29, 0.717) is 19.6 Å². The molecule has 0 radical (unpaired) electrons. The fourth-order valence-electron chi connectivity index (χ4n) is 2.62. The number of carbonyl (C=O) groups is 1. The molecular weight excluding hydrogens is 310 g/mol. The molecule has 0 spiro atoms. The highest BCUT2D eigenvalue weighted by Crippen LogP contribution is 2.22. The number of hydrogen-bond acceptors (Lipinski definition) is 5. The fourth-order valence-corrected chi connectivity index (χ4v) is 3.33. The van der Waals surface area contributed by atoms with Crippen molar-refractivity contribution < 1.29 is 9.53 Å². The van der Waals surface area contributed by atoms with Gasteiger partial charge in [0.15, 0.2) is 0 Å². The minimum Gasteiger partial charge on any atom is -0.381 e. The largest absolute Gasteiger partial charge is 0.381 e. The number of carbonyl (C=O) groups excluding carboxylic acids is 1. The molecule has 2 aromatic rings. The molecule has 1 aliphatic rings. The van der Waals surface area contributed by atoms with E-state index in [4.69, 9.17) is 4.74 Å². The molecule has 23 heavy (non-hydrogen) atoms. The third-order valence-electron chi connectivity index (χ3n) is 3.90. The maximum Gasteiger partial charge on any atom is 0.220 e. The van der Waals surface area contributed by atoms with Crippen molar-refractivity contribution in [3.63, 3.8) is 0 Å². The van der Waals surface area contributed by atoms with E-state index < -0.39 is 0 Å². The number of hydrogen-bond donors (Lipinski definition) is 1. The summed E-state index contributed by atoms with van der Waals surface area (Å²) in [5.74, 6) is 1.16. The van der Waals surface area contributed by atoms with Gasteiger partial charge in [-0.3, -0.25) is 4.79 Å². The van der Waals surface area contributed by atoms with E-state index in [1.54, 1.807) is 17.5 Å². The third-order valence-corrected chi connectivity index (χ3v) is 4.84. The molecule has 0 aliphatic carbocycles. The van der Waals surface area contributed by atoms with Crippen LogP contribution in [0.15, 0.2) is 29.8 Å². The molecule has 2 aromatic heterocycles. The Labute approximate surface area is 140 Å². The second-order valence-electron chi connectivity index (χ2n) is 5.68. The Morgan fingerprint density at radius 1 is 1.43 bits per heavy atom. The van der Waals surface area contributed by atoms with Gasteiger partial charge in [0.25, 0.3) is 0 Å². The Morgan fingerprint density at radius 2 is 2.39 bits per heavy atom. The average Bonchev–Trinajstić information content (AvgIpc) is 3.13. The first-order valence-corrected chi connectivity index (χ1v) is 8.88. The van der Waals surface area contributed by atoms with E-state index >= 15 is 0 Å². The van der Waals surface area contributed by atoms with Crippen LogP contribution in [0.3, 0.4) is 0 Å². The summed E-state index contributed by atoms with van der Waals surface area (Å²) < 4.78 is 5.49. The number of amides is 1. The molecule has 0 unspecified atom stereocenters. The molecule has 1 fully saturated rings. The van der Waals surface area contributed by atoms with E-state index in [1.807, 2.05) is 17.5 Å². The number of rotatable bonds is 6. The van der Waals surface area contributed by atoms with Crippen molar-refractivity contribution in [1.82, 2.24) is 15.3 Å². The minimum atomic E-state index is 0.0551. The number of thiophene rings is 1. The van der Waals surface area contributed by atoms with Crippen molar-refractivity contribution in [2.45, 2.75) is 38.1 Å². The Hall–Kier alpha value is -1.79. The van der Waals surface area contributed by atoms with Gasteiger partial charge in [-0.05, 0) is 36.8 Å². The Bertz CT molecular complexity index is 625. The van der Waals surface area contributed by atoms with Crippen LogP contribution in [-0.2, 0) is 22.5 Å². The maximum absolute atomic E-state index is 11.9. The van der Waals surface area contributed by atoms with Gasteiger partial charge in [-0.1, -0.05) is 6.07 Å². The first-order chi connectivity index (χ1) is 11.3. The molecule has 0 bridgehead atoms. The van der Waals surface area contributed by atoms with Crippen LogP contribution in [0.2, 0.25) is 0 Å². The first-order valence-electron chi connectivity index (χ1n) is 8.00. The highest BCUT2D eigenvalue weighted by atomic mass is 32.1. The molecular formula is C17H21N3O2S. The second-order valence-corrected chi connectivity index (χ2v) is 6.71. The van der Waals surface area contributed by atoms with E-state index in [1.165, 1.54) is 4.88 Å². The van der Waals surface area contributed by atoms with Crippen LogP contribution in [0.4, 0.5) is 0 Å². The number of nitrogens with zero attached hydrogens (tertiary/aromatic N) is 2. The monoisotopic (exact) mass is 331 g/mol. The lowest BCUT2D eigenvalue weighted by molar-refractivity contribution is -0.121. The van der Waals surface area contributed by atoms with Crippen LogP contribution in [0.1, 0.15) is 41.6 Å². The summed E-state index contributed by atoms with van der Waals surface area (Å²) in [7, 11) is 0. The van der Waals surface area contributed by atoms with Crippen molar-refractivity contribution in [3.05, 3.63) is 46.2 Å². The summed E-state index contributed by atoms with van der Waals surface area (Å²) in [4.78, 5) is 22.1. The van der Waals surface area contributed by atoms with Crippen LogP contribution in [0, 0.1) is 0 Å². The summed E-state index contributed by atoms with van der Waals surface area (Å²) >= 11 is 1.68. The summed E-state index contributed by atoms with van der Waals surface area (Å²) in [5.41, 5.74) is 0.852. The number of ether oxygens (including phenoxy) is 1. The quantitative estimate of drug-likeness (QED) is 0.884. The topological polar surface area (TPSA) is 64.1 Å². The zero-order chi connectivity index (χ0) is 15.9. The van der Waals surface area contributed by atoms with E-state index in [-0.39, 0.29) is 11.8 Å². The van der Waals surface area contributed by atoms with Crippen LogP contribution < -0.4 is 5.32 Å². The van der Waals surface area contributed by atoms with Gasteiger partial charge < -0.3 is 10.1 Å². The Morgan fingerprint density at radius 3 is 3.17 bits per heavy atom. The average molecular weight is 331 g/mol. The molecule has 1 atom stereocenters. The van der Waals surface area contributed by atoms with Crippen molar-refractivity contribution in [1.29, 1.82) is 0 Å². The Kier molecular flexibility index (Phi) is 5.71. The summed E-state index contributed by atoms with van der Waals surface area (Å²) in [6.45, 7) is 1.97. The number of nitrogens with one attached hydrogen (secondary N) is 1. The van der Waals surface area contributed by atoms with Gasteiger partial charge in [0.1, 0.15) is 5.82 Å². The molecule has 122 valence electrons. The third kappa shape index (κ3) is 4.84. The van der Waals surface area contributed by atoms with Gasteiger partial charge >= 0.3 is 0 Å². The van der Waals surface area contributed by atoms with Crippen LogP contribution in [0.5, 0.6) is 0 Å². The van der Waals surface area contributed by atoms with Crippen molar-refractivity contribution in [3.8, 4) is 0 Å². The maximum atomic E-state index is 11.9. The van der Waals surface area contributed by atoms with E-state index in [2.05, 4.69) is 21.4 Å². The zero-order valence-corrected chi connectivity index (χ0v) is 13.8. The number of aryl methyl sites for hydroxylation is 1. The molecule has 0 aromatic carbocycles. The van der Waals surface area contributed by atoms with Crippen LogP contribution >= 0.6 is 11.3 Å². The molecule has 1 N–H and O–H groups in total. The van der Waals surface area contributed by atoms with Crippen LogP contribution in [0.25, 0.3) is 0 Å². The predicted molar refractivity (Wildman–Crippen MR) is 89.3 cm³/mol. The first kappa shape index (κ1) is 16.1. The molecule has 1 amide bonds. The minimum absolute atomic E-state index is 0.0551. The van der Waals surface area contributed by atoms with Gasteiger partial charge in [0.2, 0.25) is 5.91 Å². The molecule has 6 heteroatoms. The van der Waals surface area contributed by atoms with Crippen LogP contribution in [-0.4, -0.2) is 29.1 Å². The molecule has 1 saturated heterocycles. The summed E-state index contributed by atoms with van der Waals surface area (Å²) in [5, 5.41) is 4.97. The Balaban J connectivity index is 1.48. The zero-order valence-electron chi connectivity index (χ0n) is 13.0. The predicted octanol–water partition coefficient (Wildman–Crippen LogP) is 2.68. The second kappa shape index (κ2) is 8.17. The van der Waals surface area contributed by atoms with Gasteiger partial charge in [0.05, 0.1) is 18.8 Å². The van der Waals surface area contributed by atoms with Crippen molar-refractivity contribution >= 4 is 17.2 Å². The molecule has 1 aliphatic heterocycles. The van der Waals surface area contributed by atoms with Crippen molar-refractivity contribution in [2.24, 2.45) is 0 Å². The van der Waals surface area contributed by atoms with E-state index in [9.17, 15) is 4.79 Å². The fraction of sp³-hybridized carbons (Fsp3) is 0.471. The number of aromatic nitrogens is 2. The SMILES string of the molecule is O=C(CCc1cccs1)NCc1ccnc([C@H]2CCCOC2)n1. The molecule has 3 heterocycles. The summed E-state index contributed by atoms with van der Waals surface area (Å²) in [6, 6.07) is 5.92. The molecule has 0 saturated carbocycles. The van der Waals surface area contributed by atoms with Gasteiger partial charge in [-0.2, -0.15) is 0 Å². The van der Waals surface area contributed by atoms with Gasteiger partial charge in [-0.25, -0.2) is 9.97 Å². The normalized spacial score (nSPS) is 17.8. The molecule has 3 rings (SSSR count). The highest BCUT2D eigenvalue weighted by Gasteiger charge is 2.18. The lowest BCUT2D eigenvalue weighted by atomic mass is 10.0. The molecule has 5 nitrogen and oxygen atoms in total. The lowest BCUT2D eigenvalue weighted by Crippen LogP contribution is -2.24. The van der Waals surface area contributed by atoms with Crippen molar-refractivity contribution in [2.75, 3.05) is 13.2 Å². The lowest BCUT2D eigenvalue weighted by Gasteiger charge is -2.20. The smallest absolute Gasteiger partial charge is 0.220 e. The standard InChI is InChI=1S/C17H21N3O2S/c21-16(6-5-15-4-2-10-23-15)19-11-14-7-8-18-17(20-14)13-3-1-9-22-12-13/h2,4,7-8,10,13H,1,3,5-6,9,11-12H2,(H,19,21)/t13-/m0/s1. The van der Waals surface area contributed by atoms with Gasteiger partial charge in [-0.15, -0.1) is 11.3 Å². The van der Waals surface area contributed by atoms with E-state index in [0.717, 1.165) is 37.4 Å². The summed E-state index contributed by atoms with van der Waals surface area (Å²) in [6.07, 6.45) is 5.19. The van der Waals surface area contributed by atoms with Gasteiger partial charge in [0, 0.05) is 30.0 Å².